The zero-order chi connectivity index (χ0) is 19.6. The number of ether oxygens (including phenoxy) is 2. The van der Waals surface area contributed by atoms with Crippen LogP contribution in [0.1, 0.15) is 24.8 Å². The van der Waals surface area contributed by atoms with Crippen molar-refractivity contribution in [1.82, 2.24) is 5.32 Å². The van der Waals surface area contributed by atoms with Crippen molar-refractivity contribution in [2.75, 3.05) is 26.8 Å². The van der Waals surface area contributed by atoms with Crippen LogP contribution in [0.2, 0.25) is 0 Å². The van der Waals surface area contributed by atoms with Crippen molar-refractivity contribution in [3.05, 3.63) is 59.9 Å². The van der Waals surface area contributed by atoms with Crippen molar-refractivity contribution in [3.63, 3.8) is 0 Å². The molecule has 1 saturated heterocycles. The molecule has 2 aromatic rings. The van der Waals surface area contributed by atoms with Crippen molar-refractivity contribution < 1.29 is 23.8 Å². The van der Waals surface area contributed by atoms with Crippen LogP contribution in [0.5, 0.6) is 11.5 Å². The number of halogens is 1. The standard InChI is InChI=1S/C19H22FNO2.C2H4O2/c1-22-17-6-8-18(9-7-17)23-13-15-12-21-11-10-19(15)14-2-4-16(20)5-3-14;1-2(3)4/h2-9,15,19,21H,10-13H2,1H3;1H3,(H,3,4)/t15-,19-;/m1./s1. The van der Waals surface area contributed by atoms with E-state index in [0.717, 1.165) is 37.9 Å². The first-order valence-corrected chi connectivity index (χ1v) is 8.92. The summed E-state index contributed by atoms with van der Waals surface area (Å²) in [6.45, 7) is 3.63. The maximum atomic E-state index is 13.1. The summed E-state index contributed by atoms with van der Waals surface area (Å²) in [5.74, 6) is 1.41. The van der Waals surface area contributed by atoms with E-state index in [1.54, 1.807) is 19.2 Å². The van der Waals surface area contributed by atoms with E-state index in [0.29, 0.717) is 18.4 Å². The van der Waals surface area contributed by atoms with Gasteiger partial charge in [-0.15, -0.1) is 0 Å². The lowest BCUT2D eigenvalue weighted by atomic mass is 9.81. The van der Waals surface area contributed by atoms with Crippen LogP contribution in [0, 0.1) is 11.7 Å². The first kappa shape index (κ1) is 20.7. The second kappa shape index (κ2) is 10.5. The fourth-order valence-electron chi connectivity index (χ4n) is 3.12. The number of hydrogen-bond acceptors (Lipinski definition) is 4. The minimum Gasteiger partial charge on any atom is -0.497 e. The predicted octanol–water partition coefficient (Wildman–Crippen LogP) is 3.70. The Morgan fingerprint density at radius 2 is 1.74 bits per heavy atom. The lowest BCUT2D eigenvalue weighted by Gasteiger charge is -2.32. The number of benzene rings is 2. The second-order valence-electron chi connectivity index (χ2n) is 6.42. The van der Waals surface area contributed by atoms with Crippen LogP contribution in [-0.2, 0) is 4.79 Å². The highest BCUT2D eigenvalue weighted by atomic mass is 19.1. The van der Waals surface area contributed by atoms with Gasteiger partial charge in [0.25, 0.3) is 5.97 Å². The van der Waals surface area contributed by atoms with Crippen molar-refractivity contribution in [2.45, 2.75) is 19.3 Å². The van der Waals surface area contributed by atoms with Gasteiger partial charge < -0.3 is 19.9 Å². The molecular formula is C21H26FNO4. The number of methoxy groups -OCH3 is 1. The third-order valence-corrected chi connectivity index (χ3v) is 4.43. The minimum absolute atomic E-state index is 0.186. The van der Waals surface area contributed by atoms with Crippen LogP contribution in [0.25, 0.3) is 0 Å². The molecule has 1 heterocycles. The van der Waals surface area contributed by atoms with Gasteiger partial charge in [-0.2, -0.15) is 0 Å². The summed E-state index contributed by atoms with van der Waals surface area (Å²) in [5.41, 5.74) is 1.19. The van der Waals surface area contributed by atoms with Crippen LogP contribution in [0.4, 0.5) is 4.39 Å². The lowest BCUT2D eigenvalue weighted by Crippen LogP contribution is -2.38. The number of carboxylic acids is 1. The molecule has 2 aromatic carbocycles. The molecule has 27 heavy (non-hydrogen) atoms. The molecule has 0 radical (unpaired) electrons. The van der Waals surface area contributed by atoms with Crippen LogP contribution >= 0.6 is 0 Å². The molecular weight excluding hydrogens is 349 g/mol. The van der Waals surface area contributed by atoms with E-state index in [9.17, 15) is 4.39 Å². The quantitative estimate of drug-likeness (QED) is 0.834. The topological polar surface area (TPSA) is 67.8 Å². The number of carbonyl (C=O) groups is 1. The van der Waals surface area contributed by atoms with Gasteiger partial charge in [0, 0.05) is 19.4 Å². The Kier molecular flexibility index (Phi) is 8.07. The highest BCUT2D eigenvalue weighted by Gasteiger charge is 2.27. The summed E-state index contributed by atoms with van der Waals surface area (Å²) >= 11 is 0. The molecule has 6 heteroatoms. The van der Waals surface area contributed by atoms with Crippen molar-refractivity contribution in [1.29, 1.82) is 0 Å². The van der Waals surface area contributed by atoms with Gasteiger partial charge in [0.15, 0.2) is 0 Å². The van der Waals surface area contributed by atoms with E-state index in [1.807, 2.05) is 36.4 Å². The second-order valence-corrected chi connectivity index (χ2v) is 6.42. The molecule has 146 valence electrons. The molecule has 0 saturated carbocycles. The average molecular weight is 375 g/mol. The first-order valence-electron chi connectivity index (χ1n) is 8.92. The highest BCUT2D eigenvalue weighted by Crippen LogP contribution is 2.31. The number of rotatable bonds is 5. The Bertz CT molecular complexity index is 699. The molecule has 0 aliphatic carbocycles. The summed E-state index contributed by atoms with van der Waals surface area (Å²) in [6, 6.07) is 14.5. The summed E-state index contributed by atoms with van der Waals surface area (Å²) in [4.78, 5) is 9.00. The smallest absolute Gasteiger partial charge is 0.300 e. The van der Waals surface area contributed by atoms with Crippen molar-refractivity contribution in [3.8, 4) is 11.5 Å². The van der Waals surface area contributed by atoms with E-state index < -0.39 is 5.97 Å². The van der Waals surface area contributed by atoms with E-state index >= 15 is 0 Å². The van der Waals surface area contributed by atoms with Crippen molar-refractivity contribution >= 4 is 5.97 Å². The third-order valence-electron chi connectivity index (χ3n) is 4.43. The monoisotopic (exact) mass is 375 g/mol. The molecule has 1 aliphatic heterocycles. The van der Waals surface area contributed by atoms with Gasteiger partial charge in [-0.05, 0) is 60.8 Å². The maximum Gasteiger partial charge on any atom is 0.300 e. The fraction of sp³-hybridized carbons (Fsp3) is 0.381. The Hall–Kier alpha value is -2.60. The Morgan fingerprint density at radius 3 is 2.33 bits per heavy atom. The van der Waals surface area contributed by atoms with E-state index in [2.05, 4.69) is 5.32 Å². The van der Waals surface area contributed by atoms with Gasteiger partial charge in [0.05, 0.1) is 13.7 Å². The van der Waals surface area contributed by atoms with Gasteiger partial charge in [0.2, 0.25) is 0 Å². The number of aliphatic carboxylic acids is 1. The molecule has 1 aliphatic rings. The normalized spacial score (nSPS) is 18.8. The van der Waals surface area contributed by atoms with Crippen LogP contribution < -0.4 is 14.8 Å². The van der Waals surface area contributed by atoms with Gasteiger partial charge in [-0.3, -0.25) is 4.79 Å². The molecule has 0 bridgehead atoms. The van der Waals surface area contributed by atoms with Crippen LogP contribution in [0.15, 0.2) is 48.5 Å². The Morgan fingerprint density at radius 1 is 1.15 bits per heavy atom. The largest absolute Gasteiger partial charge is 0.497 e. The molecule has 1 fully saturated rings. The molecule has 0 amide bonds. The van der Waals surface area contributed by atoms with E-state index in [1.165, 1.54) is 5.56 Å². The predicted molar refractivity (Wildman–Crippen MR) is 102 cm³/mol. The molecule has 2 atom stereocenters. The first-order chi connectivity index (χ1) is 13.0. The molecule has 0 spiro atoms. The molecule has 5 nitrogen and oxygen atoms in total. The van der Waals surface area contributed by atoms with Gasteiger partial charge in [-0.25, -0.2) is 4.39 Å². The zero-order valence-corrected chi connectivity index (χ0v) is 15.7. The van der Waals surface area contributed by atoms with Crippen LogP contribution in [-0.4, -0.2) is 37.9 Å². The summed E-state index contributed by atoms with van der Waals surface area (Å²) in [6.07, 6.45) is 1.04. The number of nitrogens with one attached hydrogen (secondary N) is 1. The SMILES string of the molecule is CC(=O)O.COc1ccc(OC[C@H]2CNCC[C@@H]2c2ccc(F)cc2)cc1. The van der Waals surface area contributed by atoms with Gasteiger partial charge >= 0.3 is 0 Å². The Balaban J connectivity index is 0.000000596. The summed E-state index contributed by atoms with van der Waals surface area (Å²) < 4.78 is 24.2. The minimum atomic E-state index is -0.833. The van der Waals surface area contributed by atoms with Gasteiger partial charge in [-0.1, -0.05) is 12.1 Å². The van der Waals surface area contributed by atoms with E-state index in [4.69, 9.17) is 19.4 Å². The molecule has 3 rings (SSSR count). The Labute approximate surface area is 159 Å². The highest BCUT2D eigenvalue weighted by molar-refractivity contribution is 5.62. The number of carboxylic acid groups (broad SMARTS) is 1. The zero-order valence-electron chi connectivity index (χ0n) is 15.7. The van der Waals surface area contributed by atoms with Gasteiger partial charge in [0.1, 0.15) is 17.3 Å². The fourth-order valence-corrected chi connectivity index (χ4v) is 3.12. The molecule has 0 aromatic heterocycles. The molecule has 2 N–H and O–H groups in total. The summed E-state index contributed by atoms with van der Waals surface area (Å²) in [7, 11) is 1.65. The maximum absolute atomic E-state index is 13.1. The van der Waals surface area contributed by atoms with E-state index in [-0.39, 0.29) is 5.82 Å². The number of piperidine rings is 1. The van der Waals surface area contributed by atoms with Crippen molar-refractivity contribution in [2.24, 2.45) is 5.92 Å². The molecule has 0 unspecified atom stereocenters. The lowest BCUT2D eigenvalue weighted by molar-refractivity contribution is -0.134. The third kappa shape index (κ3) is 6.90. The van der Waals surface area contributed by atoms with Crippen LogP contribution in [0.3, 0.4) is 0 Å². The number of hydrogen-bond donors (Lipinski definition) is 2. The average Bonchev–Trinajstić information content (AvgIpc) is 2.67. The summed E-state index contributed by atoms with van der Waals surface area (Å²) in [5, 5.41) is 10.8.